The lowest BCUT2D eigenvalue weighted by atomic mass is 10.2. The zero-order valence-corrected chi connectivity index (χ0v) is 7.67. The van der Waals surface area contributed by atoms with Crippen LogP contribution in [0.5, 0.6) is 0 Å². The standard InChI is InChI=1S/C12H10N2/c1-2-5-11(6-3-1)8-9-12-7-4-10-13-14-12/h1-10H. The monoisotopic (exact) mass is 182 g/mol. The Morgan fingerprint density at radius 2 is 1.71 bits per heavy atom. The molecule has 0 amide bonds. The van der Waals surface area contributed by atoms with E-state index in [0.29, 0.717) is 0 Å². The largest absolute Gasteiger partial charge is 0.159 e. The Bertz CT molecular complexity index is 365. The van der Waals surface area contributed by atoms with Gasteiger partial charge in [0.1, 0.15) is 0 Å². The fourth-order valence-electron chi connectivity index (χ4n) is 1.15. The van der Waals surface area contributed by atoms with Gasteiger partial charge >= 0.3 is 0 Å². The highest BCUT2D eigenvalue weighted by Crippen LogP contribution is 2.04. The van der Waals surface area contributed by atoms with Gasteiger partial charge in [-0.15, -0.1) is 0 Å². The molecule has 14 heavy (non-hydrogen) atoms. The first-order valence-electron chi connectivity index (χ1n) is 4.46. The number of nitrogens with zero attached hydrogens (tertiary/aromatic N) is 2. The van der Waals surface area contributed by atoms with Crippen LogP contribution >= 0.6 is 0 Å². The molecule has 0 aliphatic rings. The molecule has 1 aromatic carbocycles. The Morgan fingerprint density at radius 3 is 2.43 bits per heavy atom. The van der Waals surface area contributed by atoms with E-state index in [-0.39, 0.29) is 0 Å². The van der Waals surface area contributed by atoms with Crippen LogP contribution in [0.25, 0.3) is 12.2 Å². The van der Waals surface area contributed by atoms with Crippen LogP contribution in [0.1, 0.15) is 11.3 Å². The van der Waals surface area contributed by atoms with Crippen LogP contribution in [-0.2, 0) is 0 Å². The molecular weight excluding hydrogens is 172 g/mol. The lowest BCUT2D eigenvalue weighted by Gasteiger charge is -1.91. The van der Waals surface area contributed by atoms with Gasteiger partial charge in [-0.05, 0) is 23.8 Å². The molecule has 2 aromatic rings. The summed E-state index contributed by atoms with van der Waals surface area (Å²) in [6.07, 6.45) is 5.63. The van der Waals surface area contributed by atoms with Crippen molar-refractivity contribution in [3.05, 3.63) is 59.9 Å². The fraction of sp³-hybridized carbons (Fsp3) is 0. The van der Waals surface area contributed by atoms with E-state index in [4.69, 9.17) is 0 Å². The molecule has 2 rings (SSSR count). The first-order chi connectivity index (χ1) is 6.95. The topological polar surface area (TPSA) is 25.8 Å². The number of benzene rings is 1. The number of aromatic nitrogens is 2. The lowest BCUT2D eigenvalue weighted by molar-refractivity contribution is 1.02. The van der Waals surface area contributed by atoms with E-state index in [2.05, 4.69) is 10.2 Å². The maximum absolute atomic E-state index is 3.96. The van der Waals surface area contributed by atoms with Crippen LogP contribution in [-0.4, -0.2) is 10.2 Å². The Morgan fingerprint density at radius 1 is 0.857 bits per heavy atom. The summed E-state index contributed by atoms with van der Waals surface area (Å²) in [5.41, 5.74) is 2.04. The quantitative estimate of drug-likeness (QED) is 0.713. The van der Waals surface area contributed by atoms with Gasteiger partial charge in [0.15, 0.2) is 0 Å². The van der Waals surface area contributed by atoms with Gasteiger partial charge in [0.05, 0.1) is 5.69 Å². The summed E-state index contributed by atoms with van der Waals surface area (Å²) in [4.78, 5) is 0. The zero-order chi connectivity index (χ0) is 9.64. The molecule has 0 bridgehead atoms. The predicted molar refractivity (Wildman–Crippen MR) is 57.4 cm³/mol. The minimum absolute atomic E-state index is 0.872. The molecule has 0 aliphatic carbocycles. The van der Waals surface area contributed by atoms with Crippen molar-refractivity contribution in [3.63, 3.8) is 0 Å². The molecule has 1 heterocycles. The third-order valence-corrected chi connectivity index (χ3v) is 1.84. The molecule has 0 atom stereocenters. The molecule has 2 heteroatoms. The van der Waals surface area contributed by atoms with E-state index >= 15 is 0 Å². The molecular formula is C12H10N2. The molecule has 0 unspecified atom stereocenters. The van der Waals surface area contributed by atoms with Crippen molar-refractivity contribution >= 4 is 12.2 Å². The molecule has 0 spiro atoms. The van der Waals surface area contributed by atoms with Gasteiger partial charge in [0.2, 0.25) is 0 Å². The van der Waals surface area contributed by atoms with Gasteiger partial charge in [0.25, 0.3) is 0 Å². The Labute approximate surface area is 82.9 Å². The van der Waals surface area contributed by atoms with E-state index in [0.717, 1.165) is 11.3 Å². The predicted octanol–water partition coefficient (Wildman–Crippen LogP) is 2.65. The third kappa shape index (κ3) is 2.26. The number of hydrogen-bond acceptors (Lipinski definition) is 2. The van der Waals surface area contributed by atoms with Gasteiger partial charge in [-0.25, -0.2) is 0 Å². The molecule has 0 radical (unpaired) electrons. The first kappa shape index (κ1) is 8.63. The van der Waals surface area contributed by atoms with Crippen molar-refractivity contribution < 1.29 is 0 Å². The van der Waals surface area contributed by atoms with Crippen LogP contribution in [0.15, 0.2) is 48.7 Å². The second-order valence-corrected chi connectivity index (χ2v) is 2.89. The second kappa shape index (κ2) is 4.33. The van der Waals surface area contributed by atoms with Crippen molar-refractivity contribution in [3.8, 4) is 0 Å². The molecule has 0 aliphatic heterocycles. The van der Waals surface area contributed by atoms with Crippen molar-refractivity contribution in [1.29, 1.82) is 0 Å². The number of hydrogen-bond donors (Lipinski definition) is 0. The SMILES string of the molecule is C(=Cc1cccnn1)c1ccccc1. The highest BCUT2D eigenvalue weighted by Gasteiger charge is 1.86. The Hall–Kier alpha value is -1.96. The van der Waals surface area contributed by atoms with Gasteiger partial charge in [-0.1, -0.05) is 36.4 Å². The van der Waals surface area contributed by atoms with E-state index in [1.807, 2.05) is 54.6 Å². The summed E-state index contributed by atoms with van der Waals surface area (Å²) in [6, 6.07) is 13.9. The second-order valence-electron chi connectivity index (χ2n) is 2.89. The molecule has 2 nitrogen and oxygen atoms in total. The molecule has 0 N–H and O–H groups in total. The Kier molecular flexibility index (Phi) is 2.67. The van der Waals surface area contributed by atoms with Crippen LogP contribution < -0.4 is 0 Å². The summed E-state index contributed by atoms with van der Waals surface area (Å²) in [6.45, 7) is 0. The number of rotatable bonds is 2. The summed E-state index contributed by atoms with van der Waals surface area (Å²) < 4.78 is 0. The summed E-state index contributed by atoms with van der Waals surface area (Å²) >= 11 is 0. The highest BCUT2D eigenvalue weighted by molar-refractivity contribution is 5.67. The van der Waals surface area contributed by atoms with E-state index < -0.39 is 0 Å². The zero-order valence-electron chi connectivity index (χ0n) is 7.67. The van der Waals surface area contributed by atoms with Crippen molar-refractivity contribution in [2.45, 2.75) is 0 Å². The molecule has 0 fully saturated rings. The van der Waals surface area contributed by atoms with E-state index in [1.54, 1.807) is 6.20 Å². The van der Waals surface area contributed by atoms with Crippen molar-refractivity contribution in [2.24, 2.45) is 0 Å². The smallest absolute Gasteiger partial charge is 0.0857 e. The van der Waals surface area contributed by atoms with Gasteiger partial charge < -0.3 is 0 Å². The van der Waals surface area contributed by atoms with Crippen LogP contribution in [0.2, 0.25) is 0 Å². The summed E-state index contributed by atoms with van der Waals surface area (Å²) in [5, 5.41) is 7.75. The first-order valence-corrected chi connectivity index (χ1v) is 4.46. The third-order valence-electron chi connectivity index (χ3n) is 1.84. The minimum Gasteiger partial charge on any atom is -0.159 e. The van der Waals surface area contributed by atoms with Gasteiger partial charge in [0, 0.05) is 6.20 Å². The average molecular weight is 182 g/mol. The lowest BCUT2D eigenvalue weighted by Crippen LogP contribution is -1.81. The van der Waals surface area contributed by atoms with E-state index in [9.17, 15) is 0 Å². The van der Waals surface area contributed by atoms with Crippen LogP contribution in [0.3, 0.4) is 0 Å². The molecule has 0 saturated carbocycles. The highest BCUT2D eigenvalue weighted by atomic mass is 15.1. The summed E-state index contributed by atoms with van der Waals surface area (Å²) in [5.74, 6) is 0. The molecule has 1 aromatic heterocycles. The average Bonchev–Trinajstić information content (AvgIpc) is 2.29. The van der Waals surface area contributed by atoms with Crippen LogP contribution in [0.4, 0.5) is 0 Å². The normalized spacial score (nSPS) is 10.6. The summed E-state index contributed by atoms with van der Waals surface area (Å²) in [7, 11) is 0. The maximum Gasteiger partial charge on any atom is 0.0857 e. The minimum atomic E-state index is 0.872. The van der Waals surface area contributed by atoms with E-state index in [1.165, 1.54) is 0 Å². The maximum atomic E-state index is 3.96. The Balaban J connectivity index is 2.16. The molecule has 0 saturated heterocycles. The van der Waals surface area contributed by atoms with Gasteiger partial charge in [-0.2, -0.15) is 10.2 Å². The van der Waals surface area contributed by atoms with Crippen molar-refractivity contribution in [1.82, 2.24) is 10.2 Å². The van der Waals surface area contributed by atoms with Crippen molar-refractivity contribution in [2.75, 3.05) is 0 Å². The fourth-order valence-corrected chi connectivity index (χ4v) is 1.15. The van der Waals surface area contributed by atoms with Gasteiger partial charge in [-0.3, -0.25) is 0 Å². The van der Waals surface area contributed by atoms with Crippen LogP contribution in [0, 0.1) is 0 Å². The molecule has 68 valence electrons.